The maximum absolute atomic E-state index is 12.3. The highest BCUT2D eigenvalue weighted by Gasteiger charge is 2.23. The number of fused-ring (bicyclic) bond motifs is 3. The number of ether oxygens (including phenoxy) is 1. The summed E-state index contributed by atoms with van der Waals surface area (Å²) in [5.41, 5.74) is 4.57. The Balaban J connectivity index is 1.41. The van der Waals surface area contributed by atoms with E-state index in [0.29, 0.717) is 22.3 Å². The van der Waals surface area contributed by atoms with Crippen LogP contribution in [0, 0.1) is 0 Å². The average molecular weight is 491 g/mol. The van der Waals surface area contributed by atoms with Crippen LogP contribution in [0.1, 0.15) is 28.3 Å². The van der Waals surface area contributed by atoms with Crippen molar-refractivity contribution < 1.29 is 9.53 Å². The summed E-state index contributed by atoms with van der Waals surface area (Å²) in [5.74, 6) is 1.34. The molecule has 0 radical (unpaired) electrons. The number of nitrogens with zero attached hydrogens (tertiary/aromatic N) is 3. The molecule has 4 aromatic rings. The minimum absolute atomic E-state index is 0.157. The third-order valence-corrected chi connectivity index (χ3v) is 6.11. The summed E-state index contributed by atoms with van der Waals surface area (Å²) in [6.45, 7) is 0.348. The Labute approximate surface area is 206 Å². The van der Waals surface area contributed by atoms with Crippen molar-refractivity contribution in [3.63, 3.8) is 0 Å². The zero-order valence-electron chi connectivity index (χ0n) is 18.0. The van der Waals surface area contributed by atoms with Crippen molar-refractivity contribution in [2.75, 3.05) is 0 Å². The topological polar surface area (TPSA) is 69.0 Å². The van der Waals surface area contributed by atoms with Gasteiger partial charge in [-0.2, -0.15) is 0 Å². The van der Waals surface area contributed by atoms with Crippen LogP contribution in [0.5, 0.6) is 0 Å². The van der Waals surface area contributed by atoms with Crippen LogP contribution in [-0.2, 0) is 24.3 Å². The van der Waals surface area contributed by atoms with Gasteiger partial charge >= 0.3 is 6.09 Å². The second kappa shape index (κ2) is 9.71. The number of benzene rings is 3. The van der Waals surface area contributed by atoms with Gasteiger partial charge < -0.3 is 10.1 Å². The van der Waals surface area contributed by atoms with E-state index < -0.39 is 6.09 Å². The number of allylic oxidation sites excluding steroid dienone is 1. The lowest BCUT2D eigenvalue weighted by atomic mass is 9.96. The van der Waals surface area contributed by atoms with Crippen molar-refractivity contribution in [3.8, 4) is 5.69 Å². The number of aromatic nitrogens is 3. The molecule has 0 bridgehead atoms. The minimum atomic E-state index is -0.527. The fourth-order valence-electron chi connectivity index (χ4n) is 3.96. The lowest BCUT2D eigenvalue weighted by molar-refractivity contribution is 0.139. The Morgan fingerprint density at radius 1 is 0.971 bits per heavy atom. The van der Waals surface area contributed by atoms with Crippen LogP contribution in [0.25, 0.3) is 11.3 Å². The van der Waals surface area contributed by atoms with Gasteiger partial charge in [-0.15, -0.1) is 10.2 Å². The summed E-state index contributed by atoms with van der Waals surface area (Å²) in [4.78, 5) is 12.3. The number of hydrogen-bond donors (Lipinski definition) is 1. The second-order valence-electron chi connectivity index (χ2n) is 7.75. The molecule has 1 aliphatic heterocycles. The summed E-state index contributed by atoms with van der Waals surface area (Å²) < 4.78 is 7.27. The van der Waals surface area contributed by atoms with Gasteiger partial charge in [-0.1, -0.05) is 77.8 Å². The molecule has 0 spiro atoms. The molecule has 0 aliphatic carbocycles. The smallest absolute Gasteiger partial charge is 0.407 e. The van der Waals surface area contributed by atoms with Gasteiger partial charge in [0.1, 0.15) is 12.4 Å². The summed E-state index contributed by atoms with van der Waals surface area (Å²) in [6.07, 6.45) is 2.09. The Kier molecular flexibility index (Phi) is 6.34. The summed E-state index contributed by atoms with van der Waals surface area (Å²) in [7, 11) is 0. The molecule has 1 N–H and O–H groups in total. The van der Waals surface area contributed by atoms with E-state index in [1.54, 1.807) is 0 Å². The number of rotatable bonds is 5. The third kappa shape index (κ3) is 4.55. The molecule has 2 heterocycles. The molecule has 34 heavy (non-hydrogen) atoms. The van der Waals surface area contributed by atoms with E-state index in [4.69, 9.17) is 27.9 Å². The summed E-state index contributed by atoms with van der Waals surface area (Å²) in [5, 5.41) is 12.7. The van der Waals surface area contributed by atoms with Gasteiger partial charge in [0.25, 0.3) is 0 Å². The summed E-state index contributed by atoms with van der Waals surface area (Å²) in [6, 6.07) is 22.9. The van der Waals surface area contributed by atoms with Crippen molar-refractivity contribution in [2.45, 2.75) is 19.6 Å². The first-order chi connectivity index (χ1) is 16.6. The first-order valence-electron chi connectivity index (χ1n) is 10.7. The van der Waals surface area contributed by atoms with Crippen LogP contribution in [-0.4, -0.2) is 20.9 Å². The highest BCUT2D eigenvalue weighted by molar-refractivity contribution is 6.33. The predicted molar refractivity (Wildman–Crippen MR) is 132 cm³/mol. The lowest BCUT2D eigenvalue weighted by Gasteiger charge is -2.16. The number of nitrogens with one attached hydrogen (secondary N) is 1. The molecule has 170 valence electrons. The van der Waals surface area contributed by atoms with E-state index in [1.807, 2.05) is 77.4 Å². The molecule has 0 fully saturated rings. The lowest BCUT2D eigenvalue weighted by Crippen LogP contribution is -2.25. The average Bonchev–Trinajstić information content (AvgIpc) is 3.18. The van der Waals surface area contributed by atoms with Gasteiger partial charge in [0.05, 0.1) is 12.2 Å². The molecule has 0 saturated carbocycles. The molecule has 0 saturated heterocycles. The molecule has 1 amide bonds. The molecule has 1 aromatic heterocycles. The molecular weight excluding hydrogens is 471 g/mol. The minimum Gasteiger partial charge on any atom is -0.445 e. The molecular formula is C26H20Cl2N4O2. The van der Waals surface area contributed by atoms with Crippen molar-refractivity contribution in [3.05, 3.63) is 117 Å². The van der Waals surface area contributed by atoms with Crippen LogP contribution in [0.2, 0.25) is 10.0 Å². The van der Waals surface area contributed by atoms with Crippen LogP contribution in [0.15, 0.2) is 78.9 Å². The van der Waals surface area contributed by atoms with Gasteiger partial charge in [0.2, 0.25) is 0 Å². The van der Waals surface area contributed by atoms with Gasteiger partial charge in [-0.05, 0) is 35.4 Å². The van der Waals surface area contributed by atoms with Crippen LogP contribution >= 0.6 is 23.2 Å². The third-order valence-electron chi connectivity index (χ3n) is 5.54. The number of hydrogen-bond acceptors (Lipinski definition) is 4. The fourth-order valence-corrected chi connectivity index (χ4v) is 4.37. The van der Waals surface area contributed by atoms with E-state index >= 15 is 0 Å². The Bertz CT molecular complexity index is 1380. The molecule has 6 nitrogen and oxygen atoms in total. The zero-order valence-corrected chi connectivity index (χ0v) is 19.6. The highest BCUT2D eigenvalue weighted by Crippen LogP contribution is 2.37. The molecule has 0 unspecified atom stereocenters. The van der Waals surface area contributed by atoms with Gasteiger partial charge in [-0.25, -0.2) is 4.79 Å². The Hall–Kier alpha value is -3.61. The Morgan fingerprint density at radius 3 is 2.59 bits per heavy atom. The molecule has 0 atom stereocenters. The summed E-state index contributed by atoms with van der Waals surface area (Å²) >= 11 is 12.9. The van der Waals surface area contributed by atoms with Crippen LogP contribution < -0.4 is 5.32 Å². The van der Waals surface area contributed by atoms with E-state index in [-0.39, 0.29) is 13.2 Å². The zero-order chi connectivity index (χ0) is 23.5. The number of carbonyl (C=O) groups is 1. The van der Waals surface area contributed by atoms with Crippen molar-refractivity contribution >= 4 is 34.9 Å². The van der Waals surface area contributed by atoms with E-state index in [9.17, 15) is 4.79 Å². The first kappa shape index (κ1) is 22.2. The molecule has 8 heteroatoms. The van der Waals surface area contributed by atoms with Gasteiger partial charge in [-0.3, -0.25) is 4.57 Å². The monoisotopic (exact) mass is 490 g/mol. The number of halogens is 2. The normalized spacial score (nSPS) is 12.2. The van der Waals surface area contributed by atoms with Crippen molar-refractivity contribution in [1.82, 2.24) is 20.1 Å². The van der Waals surface area contributed by atoms with Crippen LogP contribution in [0.4, 0.5) is 4.79 Å². The van der Waals surface area contributed by atoms with Gasteiger partial charge in [0.15, 0.2) is 5.82 Å². The van der Waals surface area contributed by atoms with E-state index in [1.165, 1.54) is 0 Å². The van der Waals surface area contributed by atoms with E-state index in [0.717, 1.165) is 33.8 Å². The maximum atomic E-state index is 12.3. The van der Waals surface area contributed by atoms with Crippen molar-refractivity contribution in [2.24, 2.45) is 0 Å². The number of alkyl carbamates (subject to hydrolysis) is 1. The molecule has 5 rings (SSSR count). The number of carbonyl (C=O) groups excluding carboxylic acids is 1. The largest absolute Gasteiger partial charge is 0.445 e. The quantitative estimate of drug-likeness (QED) is 0.373. The molecule has 3 aromatic carbocycles. The predicted octanol–water partition coefficient (Wildman–Crippen LogP) is 5.99. The van der Waals surface area contributed by atoms with Crippen LogP contribution in [0.3, 0.4) is 0 Å². The standard InChI is InChI=1S/C26H20Cl2N4O2/c27-18-10-12-23-21(14-18)19(20-8-4-5-9-22(20)28)11-13-24-30-31-25(32(23)24)15-29-26(33)34-16-17-6-2-1-3-7-17/h1-12,14H,13,15-16H2,(H,29,33). The maximum Gasteiger partial charge on any atom is 0.407 e. The highest BCUT2D eigenvalue weighted by atomic mass is 35.5. The van der Waals surface area contributed by atoms with Gasteiger partial charge in [0, 0.05) is 27.6 Å². The molecule has 1 aliphatic rings. The van der Waals surface area contributed by atoms with Crippen molar-refractivity contribution in [1.29, 1.82) is 0 Å². The van der Waals surface area contributed by atoms with E-state index in [2.05, 4.69) is 21.6 Å². The SMILES string of the molecule is O=C(NCc1nnc2n1-c1ccc(Cl)cc1C(c1ccccc1Cl)=CC2)OCc1ccccc1. The first-order valence-corrected chi connectivity index (χ1v) is 11.5. The Morgan fingerprint density at radius 2 is 1.76 bits per heavy atom. The number of amides is 1. The second-order valence-corrected chi connectivity index (χ2v) is 8.59. The fraction of sp³-hybridized carbons (Fsp3) is 0.115.